The summed E-state index contributed by atoms with van der Waals surface area (Å²) in [5, 5.41) is 34.7. The van der Waals surface area contributed by atoms with Crippen molar-refractivity contribution in [2.75, 3.05) is 0 Å². The maximum absolute atomic E-state index is 8.83. The van der Waals surface area contributed by atoms with E-state index in [1.165, 1.54) is 0 Å². The SMILES string of the molecule is CC(C)(C)O.CC(C)(C)O.CCC(C)(C)O.CCC(C)(C)O.[Cr]. The predicted molar refractivity (Wildman–Crippen MR) is 97.1 cm³/mol. The summed E-state index contributed by atoms with van der Waals surface area (Å²) >= 11 is 0. The van der Waals surface area contributed by atoms with Gasteiger partial charge in [0.2, 0.25) is 0 Å². The van der Waals surface area contributed by atoms with Crippen molar-refractivity contribution in [2.24, 2.45) is 0 Å². The van der Waals surface area contributed by atoms with E-state index in [9.17, 15) is 0 Å². The molecule has 0 radical (unpaired) electrons. The third kappa shape index (κ3) is 229. The Kier molecular flexibility index (Phi) is 22.1. The van der Waals surface area contributed by atoms with Gasteiger partial charge in [-0.3, -0.25) is 0 Å². The van der Waals surface area contributed by atoms with Gasteiger partial charge in [-0.05, 0) is 82.1 Å². The Morgan fingerprint density at radius 2 is 0.522 bits per heavy atom. The molecule has 0 rings (SSSR count). The Bertz CT molecular complexity index is 189. The number of hydrogen-bond acceptors (Lipinski definition) is 4. The van der Waals surface area contributed by atoms with Crippen molar-refractivity contribution in [1.29, 1.82) is 0 Å². The Balaban J connectivity index is -0.0000000620. The predicted octanol–water partition coefficient (Wildman–Crippen LogP) is 3.89. The van der Waals surface area contributed by atoms with Gasteiger partial charge in [0.1, 0.15) is 0 Å². The molecule has 0 aromatic heterocycles. The molecule has 0 aliphatic rings. The second-order valence-electron chi connectivity index (χ2n) is 8.67. The molecular weight excluding hydrogens is 332 g/mol. The van der Waals surface area contributed by atoms with Crippen LogP contribution in [-0.4, -0.2) is 42.8 Å². The Morgan fingerprint density at radius 1 is 0.478 bits per heavy atom. The molecule has 0 fully saturated rings. The molecule has 0 aliphatic heterocycles. The van der Waals surface area contributed by atoms with Crippen molar-refractivity contribution in [2.45, 2.75) is 118 Å². The molecule has 0 unspecified atom stereocenters. The van der Waals surface area contributed by atoms with E-state index in [-0.39, 0.29) is 17.4 Å². The molecule has 0 bridgehead atoms. The van der Waals surface area contributed by atoms with Crippen molar-refractivity contribution >= 4 is 0 Å². The van der Waals surface area contributed by atoms with Crippen LogP contribution >= 0.6 is 0 Å². The van der Waals surface area contributed by atoms with Crippen molar-refractivity contribution in [3.8, 4) is 0 Å². The van der Waals surface area contributed by atoms with Gasteiger partial charge >= 0.3 is 0 Å². The zero-order valence-corrected chi connectivity index (χ0v) is 18.9. The first-order valence-electron chi connectivity index (χ1n) is 8.02. The number of hydrogen-bond donors (Lipinski definition) is 4. The Hall–Kier alpha value is 0.372. The second-order valence-corrected chi connectivity index (χ2v) is 8.67. The van der Waals surface area contributed by atoms with Crippen molar-refractivity contribution in [3.63, 3.8) is 0 Å². The van der Waals surface area contributed by atoms with Crippen molar-refractivity contribution in [1.82, 2.24) is 0 Å². The summed E-state index contributed by atoms with van der Waals surface area (Å²) in [6.07, 6.45) is 1.65. The summed E-state index contributed by atoms with van der Waals surface area (Å²) in [5.74, 6) is 0. The monoisotopic (exact) mass is 376 g/mol. The summed E-state index contributed by atoms with van der Waals surface area (Å²) in [7, 11) is 0. The molecular formula is C18H44CrO4. The van der Waals surface area contributed by atoms with Crippen LogP contribution in [0.25, 0.3) is 0 Å². The van der Waals surface area contributed by atoms with Crippen LogP contribution in [0.1, 0.15) is 95.9 Å². The van der Waals surface area contributed by atoms with E-state index in [1.807, 2.05) is 13.8 Å². The minimum Gasteiger partial charge on any atom is -0.391 e. The van der Waals surface area contributed by atoms with Crippen molar-refractivity contribution in [3.05, 3.63) is 0 Å². The topological polar surface area (TPSA) is 80.9 Å². The quantitative estimate of drug-likeness (QED) is 0.589. The van der Waals surface area contributed by atoms with Crippen LogP contribution in [0.5, 0.6) is 0 Å². The fraction of sp³-hybridized carbons (Fsp3) is 1.00. The molecule has 5 heteroatoms. The molecule has 0 saturated heterocycles. The van der Waals surface area contributed by atoms with Gasteiger partial charge in [-0.25, -0.2) is 0 Å². The molecule has 23 heavy (non-hydrogen) atoms. The average Bonchev–Trinajstić information content (AvgIpc) is 2.11. The molecule has 0 amide bonds. The summed E-state index contributed by atoms with van der Waals surface area (Å²) < 4.78 is 0. The van der Waals surface area contributed by atoms with Crippen LogP contribution in [0.15, 0.2) is 0 Å². The minimum atomic E-state index is -0.500. The fourth-order valence-corrected chi connectivity index (χ4v) is 0. The van der Waals surface area contributed by atoms with Gasteiger partial charge in [-0.2, -0.15) is 0 Å². The van der Waals surface area contributed by atoms with Gasteiger partial charge in [0.05, 0.1) is 22.4 Å². The van der Waals surface area contributed by atoms with E-state index in [2.05, 4.69) is 0 Å². The fourth-order valence-electron chi connectivity index (χ4n) is 0. The largest absolute Gasteiger partial charge is 0.391 e. The third-order valence-corrected chi connectivity index (χ3v) is 1.73. The molecule has 0 saturated carbocycles. The Morgan fingerprint density at radius 3 is 0.522 bits per heavy atom. The van der Waals surface area contributed by atoms with E-state index in [4.69, 9.17) is 20.4 Å². The zero-order valence-electron chi connectivity index (χ0n) is 17.6. The van der Waals surface area contributed by atoms with E-state index in [0.717, 1.165) is 12.8 Å². The maximum atomic E-state index is 8.83. The van der Waals surface area contributed by atoms with Crippen LogP contribution in [0, 0.1) is 0 Å². The standard InChI is InChI=1S/2C5H12O.2C4H10O.Cr/c2*1-4-5(2,3)6;2*1-4(2,3)5;/h2*6H,4H2,1-3H3;2*5H,1-3H3;. The first-order valence-corrected chi connectivity index (χ1v) is 8.02. The van der Waals surface area contributed by atoms with Crippen LogP contribution in [0.3, 0.4) is 0 Å². The molecule has 4 nitrogen and oxygen atoms in total. The summed E-state index contributed by atoms with van der Waals surface area (Å²) in [6, 6.07) is 0. The number of aliphatic hydroxyl groups is 4. The van der Waals surface area contributed by atoms with Crippen LogP contribution in [0.2, 0.25) is 0 Å². The van der Waals surface area contributed by atoms with Gasteiger partial charge in [0.25, 0.3) is 0 Å². The van der Waals surface area contributed by atoms with Crippen LogP contribution in [-0.2, 0) is 17.4 Å². The first-order chi connectivity index (χ1) is 9.12. The van der Waals surface area contributed by atoms with E-state index in [0.29, 0.717) is 0 Å². The maximum Gasteiger partial charge on any atom is 0.0589 e. The van der Waals surface area contributed by atoms with E-state index >= 15 is 0 Å². The molecule has 0 aromatic carbocycles. The van der Waals surface area contributed by atoms with Crippen molar-refractivity contribution < 1.29 is 37.8 Å². The molecule has 4 N–H and O–H groups in total. The van der Waals surface area contributed by atoms with E-state index in [1.54, 1.807) is 69.2 Å². The molecule has 0 atom stereocenters. The average molecular weight is 377 g/mol. The molecule has 0 spiro atoms. The van der Waals surface area contributed by atoms with Gasteiger partial charge < -0.3 is 20.4 Å². The first kappa shape index (κ1) is 34.7. The summed E-state index contributed by atoms with van der Waals surface area (Å²) in [6.45, 7) is 21.6. The zero-order chi connectivity index (χ0) is 19.4. The van der Waals surface area contributed by atoms with Gasteiger partial charge in [0, 0.05) is 17.4 Å². The van der Waals surface area contributed by atoms with Gasteiger partial charge in [-0.1, -0.05) is 13.8 Å². The molecule has 0 aromatic rings. The molecule has 146 valence electrons. The van der Waals surface area contributed by atoms with Crippen LogP contribution < -0.4 is 0 Å². The molecule has 0 heterocycles. The molecule has 0 aliphatic carbocycles. The number of rotatable bonds is 2. The second kappa shape index (κ2) is 14.7. The van der Waals surface area contributed by atoms with E-state index < -0.39 is 22.4 Å². The van der Waals surface area contributed by atoms with Gasteiger partial charge in [-0.15, -0.1) is 0 Å². The minimum absolute atomic E-state index is 0. The summed E-state index contributed by atoms with van der Waals surface area (Å²) in [5.41, 5.74) is -1.92. The Labute approximate surface area is 156 Å². The van der Waals surface area contributed by atoms with Crippen LogP contribution in [0.4, 0.5) is 0 Å². The normalized spacial score (nSPS) is 11.5. The van der Waals surface area contributed by atoms with Gasteiger partial charge in [0.15, 0.2) is 0 Å². The summed E-state index contributed by atoms with van der Waals surface area (Å²) in [4.78, 5) is 0. The smallest absolute Gasteiger partial charge is 0.0589 e. The third-order valence-electron chi connectivity index (χ3n) is 1.73.